The van der Waals surface area contributed by atoms with E-state index in [9.17, 15) is 9.59 Å². The van der Waals surface area contributed by atoms with E-state index in [1.807, 2.05) is 13.8 Å². The highest BCUT2D eigenvalue weighted by Gasteiger charge is 2.16. The molecule has 0 bridgehead atoms. The SMILES string of the molecule is CCCCCOC(=O)CCCC(=O)OC(C)C(C)CCOC. The predicted molar refractivity (Wildman–Crippen MR) is 85.5 cm³/mol. The van der Waals surface area contributed by atoms with Crippen LogP contribution in [0.25, 0.3) is 0 Å². The molecule has 2 unspecified atom stereocenters. The molecule has 0 heterocycles. The lowest BCUT2D eigenvalue weighted by atomic mass is 10.0. The molecule has 0 radical (unpaired) electrons. The zero-order chi connectivity index (χ0) is 16.8. The summed E-state index contributed by atoms with van der Waals surface area (Å²) in [6.45, 7) is 7.16. The maximum atomic E-state index is 11.7. The van der Waals surface area contributed by atoms with Gasteiger partial charge in [0.15, 0.2) is 0 Å². The molecule has 0 spiro atoms. The van der Waals surface area contributed by atoms with Crippen molar-refractivity contribution in [3.63, 3.8) is 0 Å². The van der Waals surface area contributed by atoms with E-state index in [1.54, 1.807) is 7.11 Å². The first-order valence-electron chi connectivity index (χ1n) is 8.35. The second-order valence-corrected chi connectivity index (χ2v) is 5.73. The van der Waals surface area contributed by atoms with Crippen LogP contribution >= 0.6 is 0 Å². The fourth-order valence-corrected chi connectivity index (χ4v) is 1.91. The number of carbonyl (C=O) groups is 2. The molecular formula is C17H32O5. The highest BCUT2D eigenvalue weighted by atomic mass is 16.5. The Bertz CT molecular complexity index is 303. The van der Waals surface area contributed by atoms with Crippen molar-refractivity contribution in [3.8, 4) is 0 Å². The van der Waals surface area contributed by atoms with Gasteiger partial charge in [-0.05, 0) is 32.1 Å². The molecule has 0 aliphatic carbocycles. The molecule has 0 N–H and O–H groups in total. The summed E-state index contributed by atoms with van der Waals surface area (Å²) in [7, 11) is 1.66. The van der Waals surface area contributed by atoms with Gasteiger partial charge in [-0.2, -0.15) is 0 Å². The van der Waals surface area contributed by atoms with Gasteiger partial charge >= 0.3 is 11.9 Å². The van der Waals surface area contributed by atoms with Crippen LogP contribution in [0.15, 0.2) is 0 Å². The Balaban J connectivity index is 3.69. The van der Waals surface area contributed by atoms with Crippen LogP contribution in [0.1, 0.15) is 65.7 Å². The second kappa shape index (κ2) is 13.6. The maximum absolute atomic E-state index is 11.7. The Morgan fingerprint density at radius 3 is 2.27 bits per heavy atom. The van der Waals surface area contributed by atoms with Crippen molar-refractivity contribution in [2.45, 2.75) is 71.8 Å². The molecule has 0 rings (SSSR count). The summed E-state index contributed by atoms with van der Waals surface area (Å²) in [5.74, 6) is -0.228. The normalized spacial score (nSPS) is 13.5. The minimum absolute atomic E-state index is 0.136. The molecule has 0 aromatic carbocycles. The third-order valence-electron chi connectivity index (χ3n) is 3.67. The summed E-state index contributed by atoms with van der Waals surface area (Å²) < 4.78 is 15.5. The van der Waals surface area contributed by atoms with E-state index in [4.69, 9.17) is 14.2 Å². The molecule has 0 aliphatic rings. The lowest BCUT2D eigenvalue weighted by molar-refractivity contribution is -0.151. The minimum atomic E-state index is -0.254. The van der Waals surface area contributed by atoms with Crippen LogP contribution in [0, 0.1) is 5.92 Å². The largest absolute Gasteiger partial charge is 0.466 e. The number of ether oxygens (including phenoxy) is 3. The van der Waals surface area contributed by atoms with E-state index in [0.29, 0.717) is 19.6 Å². The Morgan fingerprint density at radius 2 is 1.64 bits per heavy atom. The summed E-state index contributed by atoms with van der Waals surface area (Å²) >= 11 is 0. The molecule has 130 valence electrons. The minimum Gasteiger partial charge on any atom is -0.466 e. The standard InChI is InChI=1S/C17H32O5/c1-5-6-7-12-21-16(18)9-8-10-17(19)22-15(3)14(2)11-13-20-4/h14-15H,5-13H2,1-4H3. The van der Waals surface area contributed by atoms with Crippen LogP contribution < -0.4 is 0 Å². The zero-order valence-electron chi connectivity index (χ0n) is 14.6. The number of esters is 2. The van der Waals surface area contributed by atoms with Gasteiger partial charge in [-0.25, -0.2) is 0 Å². The van der Waals surface area contributed by atoms with Crippen molar-refractivity contribution >= 4 is 11.9 Å². The van der Waals surface area contributed by atoms with Gasteiger partial charge in [-0.15, -0.1) is 0 Å². The van der Waals surface area contributed by atoms with Crippen LogP contribution in [0.2, 0.25) is 0 Å². The molecule has 22 heavy (non-hydrogen) atoms. The summed E-state index contributed by atoms with van der Waals surface area (Å²) in [5.41, 5.74) is 0. The molecule has 0 saturated carbocycles. The van der Waals surface area contributed by atoms with Crippen LogP contribution in [-0.4, -0.2) is 38.4 Å². The average Bonchev–Trinajstić information content (AvgIpc) is 2.49. The first kappa shape index (κ1) is 20.9. The number of carbonyl (C=O) groups excluding carboxylic acids is 2. The molecule has 0 fully saturated rings. The monoisotopic (exact) mass is 316 g/mol. The fraction of sp³-hybridized carbons (Fsp3) is 0.882. The summed E-state index contributed by atoms with van der Waals surface area (Å²) in [6, 6.07) is 0. The lowest BCUT2D eigenvalue weighted by Crippen LogP contribution is -2.23. The quantitative estimate of drug-likeness (QED) is 0.384. The van der Waals surface area contributed by atoms with Crippen LogP contribution in [0.4, 0.5) is 0 Å². The first-order valence-corrected chi connectivity index (χ1v) is 8.35. The lowest BCUT2D eigenvalue weighted by Gasteiger charge is -2.20. The summed E-state index contributed by atoms with van der Waals surface area (Å²) in [5, 5.41) is 0. The van der Waals surface area contributed by atoms with E-state index in [0.717, 1.165) is 25.7 Å². The van der Waals surface area contributed by atoms with Crippen LogP contribution in [-0.2, 0) is 23.8 Å². The predicted octanol–water partition coefficient (Wildman–Crippen LogP) is 3.49. The Kier molecular flexibility index (Phi) is 12.9. The Morgan fingerprint density at radius 1 is 0.955 bits per heavy atom. The molecule has 2 atom stereocenters. The number of hydrogen-bond donors (Lipinski definition) is 0. The summed E-state index contributed by atoms with van der Waals surface area (Å²) in [4.78, 5) is 23.2. The highest BCUT2D eigenvalue weighted by molar-refractivity contribution is 5.72. The van der Waals surface area contributed by atoms with Crippen molar-refractivity contribution < 1.29 is 23.8 Å². The first-order chi connectivity index (χ1) is 10.5. The van der Waals surface area contributed by atoms with Crippen molar-refractivity contribution in [2.75, 3.05) is 20.3 Å². The van der Waals surface area contributed by atoms with E-state index < -0.39 is 0 Å². The zero-order valence-corrected chi connectivity index (χ0v) is 14.6. The molecule has 0 saturated heterocycles. The van der Waals surface area contributed by atoms with Crippen molar-refractivity contribution in [1.29, 1.82) is 0 Å². The number of hydrogen-bond acceptors (Lipinski definition) is 5. The maximum Gasteiger partial charge on any atom is 0.306 e. The summed E-state index contributed by atoms with van der Waals surface area (Å²) in [6.07, 6.45) is 4.80. The van der Waals surface area contributed by atoms with E-state index in [2.05, 4.69) is 6.92 Å². The van der Waals surface area contributed by atoms with Crippen LogP contribution in [0.5, 0.6) is 0 Å². The topological polar surface area (TPSA) is 61.8 Å². The third-order valence-corrected chi connectivity index (χ3v) is 3.67. The number of unbranched alkanes of at least 4 members (excludes halogenated alkanes) is 2. The van der Waals surface area contributed by atoms with Gasteiger partial charge in [-0.3, -0.25) is 9.59 Å². The molecular weight excluding hydrogens is 284 g/mol. The fourth-order valence-electron chi connectivity index (χ4n) is 1.91. The van der Waals surface area contributed by atoms with E-state index in [1.165, 1.54) is 0 Å². The molecule has 5 heteroatoms. The smallest absolute Gasteiger partial charge is 0.306 e. The van der Waals surface area contributed by atoms with Crippen molar-refractivity contribution in [2.24, 2.45) is 5.92 Å². The van der Waals surface area contributed by atoms with Gasteiger partial charge in [0.05, 0.1) is 6.61 Å². The van der Waals surface area contributed by atoms with Gasteiger partial charge in [0.2, 0.25) is 0 Å². The van der Waals surface area contributed by atoms with E-state index >= 15 is 0 Å². The van der Waals surface area contributed by atoms with Gasteiger partial charge < -0.3 is 14.2 Å². The second-order valence-electron chi connectivity index (χ2n) is 5.73. The number of methoxy groups -OCH3 is 1. The number of rotatable bonds is 13. The molecule has 0 aromatic heterocycles. The Hall–Kier alpha value is -1.10. The van der Waals surface area contributed by atoms with Gasteiger partial charge in [0, 0.05) is 26.6 Å². The third kappa shape index (κ3) is 11.5. The molecule has 5 nitrogen and oxygen atoms in total. The average molecular weight is 316 g/mol. The van der Waals surface area contributed by atoms with Gasteiger partial charge in [0.25, 0.3) is 0 Å². The van der Waals surface area contributed by atoms with Crippen molar-refractivity contribution in [1.82, 2.24) is 0 Å². The van der Waals surface area contributed by atoms with Crippen molar-refractivity contribution in [3.05, 3.63) is 0 Å². The molecule has 0 aliphatic heterocycles. The highest BCUT2D eigenvalue weighted by Crippen LogP contribution is 2.13. The Labute approximate surface area is 134 Å². The van der Waals surface area contributed by atoms with Crippen LogP contribution in [0.3, 0.4) is 0 Å². The molecule has 0 amide bonds. The van der Waals surface area contributed by atoms with Gasteiger partial charge in [0.1, 0.15) is 6.10 Å². The van der Waals surface area contributed by atoms with Gasteiger partial charge in [-0.1, -0.05) is 26.7 Å². The van der Waals surface area contributed by atoms with E-state index in [-0.39, 0.29) is 36.8 Å². The molecule has 0 aromatic rings.